The molecule has 2 aromatic carbocycles. The summed E-state index contributed by atoms with van der Waals surface area (Å²) in [4.78, 5) is 0. The third-order valence-electron chi connectivity index (χ3n) is 5.88. The summed E-state index contributed by atoms with van der Waals surface area (Å²) in [5.41, 5.74) is 2.12. The molecule has 0 spiro atoms. The van der Waals surface area contributed by atoms with Gasteiger partial charge in [-0.15, -0.1) is 10.2 Å². The van der Waals surface area contributed by atoms with E-state index in [1.807, 2.05) is 24.3 Å². The molecule has 0 N–H and O–H groups in total. The van der Waals surface area contributed by atoms with E-state index in [1.165, 1.54) is 38.5 Å². The Morgan fingerprint density at radius 3 is 1.76 bits per heavy atom. The first kappa shape index (κ1) is 25.2. The Morgan fingerprint density at radius 2 is 1.21 bits per heavy atom. The zero-order valence-corrected chi connectivity index (χ0v) is 21.2. The molecule has 4 nitrogen and oxygen atoms in total. The molecule has 0 saturated heterocycles. The largest absolute Gasteiger partial charge is 0.494 e. The van der Waals surface area contributed by atoms with Crippen molar-refractivity contribution >= 4 is 11.3 Å². The van der Waals surface area contributed by atoms with Crippen molar-refractivity contribution in [2.45, 2.75) is 72.1 Å². The van der Waals surface area contributed by atoms with Gasteiger partial charge in [0.1, 0.15) is 21.5 Å². The van der Waals surface area contributed by atoms with Gasteiger partial charge >= 0.3 is 0 Å². The lowest BCUT2D eigenvalue weighted by molar-refractivity contribution is 0.256. The summed E-state index contributed by atoms with van der Waals surface area (Å²) in [7, 11) is 0. The molecule has 0 bridgehead atoms. The number of hydrogen-bond acceptors (Lipinski definition) is 5. The molecular formula is C28H38N2O2S. The lowest BCUT2D eigenvalue weighted by Gasteiger charge is -2.10. The summed E-state index contributed by atoms with van der Waals surface area (Å²) in [5, 5.41) is 10.6. The Kier molecular flexibility index (Phi) is 10.7. The Labute approximate surface area is 203 Å². The highest BCUT2D eigenvalue weighted by Gasteiger charge is 2.10. The van der Waals surface area contributed by atoms with Crippen LogP contribution in [0.2, 0.25) is 0 Å². The summed E-state index contributed by atoms with van der Waals surface area (Å²) in [5.74, 6) is 2.38. The van der Waals surface area contributed by atoms with Crippen molar-refractivity contribution in [1.82, 2.24) is 10.2 Å². The van der Waals surface area contributed by atoms with Crippen LogP contribution in [0, 0.1) is 5.92 Å². The van der Waals surface area contributed by atoms with Gasteiger partial charge in [0.15, 0.2) is 0 Å². The van der Waals surface area contributed by atoms with Crippen LogP contribution in [0.1, 0.15) is 72.1 Å². The Bertz CT molecular complexity index is 922. The molecule has 0 radical (unpaired) electrons. The van der Waals surface area contributed by atoms with E-state index < -0.39 is 0 Å². The average molecular weight is 467 g/mol. The fraction of sp³-hybridized carbons (Fsp3) is 0.500. The fourth-order valence-corrected chi connectivity index (χ4v) is 4.30. The molecular weight excluding hydrogens is 428 g/mol. The van der Waals surface area contributed by atoms with Crippen molar-refractivity contribution in [1.29, 1.82) is 0 Å². The number of benzene rings is 2. The van der Waals surface area contributed by atoms with Gasteiger partial charge in [0.25, 0.3) is 0 Å². The van der Waals surface area contributed by atoms with Crippen LogP contribution in [0.25, 0.3) is 21.1 Å². The van der Waals surface area contributed by atoms with Crippen LogP contribution in [0.15, 0.2) is 48.5 Å². The first-order chi connectivity index (χ1) is 16.2. The molecule has 178 valence electrons. The molecule has 0 aliphatic rings. The second kappa shape index (κ2) is 14.0. The lowest BCUT2D eigenvalue weighted by Crippen LogP contribution is -2.06. The molecule has 1 heterocycles. The maximum absolute atomic E-state index is 5.91. The number of unbranched alkanes of at least 4 members (excludes halogenated alkanes) is 6. The second-order valence-corrected chi connectivity index (χ2v) is 9.73. The van der Waals surface area contributed by atoms with Crippen molar-refractivity contribution < 1.29 is 9.47 Å². The summed E-state index contributed by atoms with van der Waals surface area (Å²) in [6, 6.07) is 16.3. The van der Waals surface area contributed by atoms with E-state index in [2.05, 4.69) is 55.2 Å². The minimum Gasteiger partial charge on any atom is -0.494 e. The van der Waals surface area contributed by atoms with Gasteiger partial charge in [0, 0.05) is 11.1 Å². The molecule has 0 saturated carbocycles. The smallest absolute Gasteiger partial charge is 0.148 e. The van der Waals surface area contributed by atoms with E-state index in [4.69, 9.17) is 9.47 Å². The van der Waals surface area contributed by atoms with Gasteiger partial charge in [-0.25, -0.2) is 0 Å². The van der Waals surface area contributed by atoms with Crippen molar-refractivity contribution in [3.63, 3.8) is 0 Å². The molecule has 1 aromatic heterocycles. The van der Waals surface area contributed by atoms with E-state index in [-0.39, 0.29) is 0 Å². The molecule has 5 heteroatoms. The van der Waals surface area contributed by atoms with Crippen molar-refractivity contribution in [2.24, 2.45) is 5.92 Å². The fourth-order valence-electron chi connectivity index (χ4n) is 3.45. The van der Waals surface area contributed by atoms with E-state index in [9.17, 15) is 0 Å². The highest BCUT2D eigenvalue weighted by Crippen LogP contribution is 2.31. The number of ether oxygens (including phenoxy) is 2. The summed E-state index contributed by atoms with van der Waals surface area (Å²) in [6.07, 6.45) is 10.2. The normalized spacial score (nSPS) is 12.0. The predicted molar refractivity (Wildman–Crippen MR) is 139 cm³/mol. The zero-order valence-electron chi connectivity index (χ0n) is 20.4. The molecule has 1 atom stereocenters. The van der Waals surface area contributed by atoms with E-state index >= 15 is 0 Å². The molecule has 0 amide bonds. The molecule has 1 unspecified atom stereocenters. The third-order valence-corrected chi connectivity index (χ3v) is 6.90. The molecule has 0 aliphatic heterocycles. The molecule has 3 rings (SSSR count). The van der Waals surface area contributed by atoms with Crippen LogP contribution in [0.5, 0.6) is 11.5 Å². The van der Waals surface area contributed by atoms with Gasteiger partial charge in [-0.05, 0) is 60.9 Å². The average Bonchev–Trinajstić information content (AvgIpc) is 3.35. The zero-order chi connectivity index (χ0) is 23.3. The van der Waals surface area contributed by atoms with Crippen LogP contribution >= 0.6 is 11.3 Å². The van der Waals surface area contributed by atoms with E-state index in [0.29, 0.717) is 5.92 Å². The van der Waals surface area contributed by atoms with E-state index in [1.54, 1.807) is 11.3 Å². The maximum Gasteiger partial charge on any atom is 0.148 e. The quantitative estimate of drug-likeness (QED) is 0.211. The second-order valence-electron chi connectivity index (χ2n) is 8.76. The summed E-state index contributed by atoms with van der Waals surface area (Å²) < 4.78 is 11.8. The van der Waals surface area contributed by atoms with Gasteiger partial charge in [0.2, 0.25) is 0 Å². The van der Waals surface area contributed by atoms with Gasteiger partial charge in [-0.3, -0.25) is 0 Å². The van der Waals surface area contributed by atoms with Gasteiger partial charge in [-0.1, -0.05) is 77.1 Å². The van der Waals surface area contributed by atoms with Crippen molar-refractivity contribution in [3.05, 3.63) is 48.5 Å². The lowest BCUT2D eigenvalue weighted by atomic mass is 10.1. The maximum atomic E-state index is 5.91. The highest BCUT2D eigenvalue weighted by molar-refractivity contribution is 7.17. The number of nitrogens with zero attached hydrogens (tertiary/aromatic N) is 2. The Hall–Kier alpha value is -2.40. The van der Waals surface area contributed by atoms with Crippen LogP contribution in [-0.4, -0.2) is 23.4 Å². The van der Waals surface area contributed by atoms with Crippen molar-refractivity contribution in [2.75, 3.05) is 13.2 Å². The summed E-state index contributed by atoms with van der Waals surface area (Å²) >= 11 is 1.60. The number of hydrogen-bond donors (Lipinski definition) is 0. The molecule has 3 aromatic rings. The van der Waals surface area contributed by atoms with Crippen molar-refractivity contribution in [3.8, 4) is 32.6 Å². The predicted octanol–water partition coefficient (Wildman–Crippen LogP) is 8.43. The van der Waals surface area contributed by atoms with E-state index in [0.717, 1.165) is 58.7 Å². The number of aromatic nitrogens is 2. The Balaban J connectivity index is 1.46. The third kappa shape index (κ3) is 8.47. The van der Waals surface area contributed by atoms with Gasteiger partial charge in [0.05, 0.1) is 13.2 Å². The topological polar surface area (TPSA) is 44.2 Å². The SMILES string of the molecule is CCCCCCCCCOc1ccc(-c2nnc(-c3ccc(OCC(C)CC)cc3)s2)cc1. The monoisotopic (exact) mass is 466 g/mol. The molecule has 0 fully saturated rings. The first-order valence-electron chi connectivity index (χ1n) is 12.5. The first-order valence-corrected chi connectivity index (χ1v) is 13.3. The van der Waals surface area contributed by atoms with Gasteiger partial charge in [-0.2, -0.15) is 0 Å². The van der Waals surface area contributed by atoms with Crippen LogP contribution in [-0.2, 0) is 0 Å². The minimum atomic E-state index is 0.563. The van der Waals surface area contributed by atoms with Crippen LogP contribution < -0.4 is 9.47 Å². The summed E-state index contributed by atoms with van der Waals surface area (Å²) in [6.45, 7) is 8.17. The molecule has 33 heavy (non-hydrogen) atoms. The Morgan fingerprint density at radius 1 is 0.697 bits per heavy atom. The highest BCUT2D eigenvalue weighted by atomic mass is 32.1. The van der Waals surface area contributed by atoms with Gasteiger partial charge < -0.3 is 9.47 Å². The number of rotatable bonds is 15. The van der Waals surface area contributed by atoms with Crippen LogP contribution in [0.3, 0.4) is 0 Å². The minimum absolute atomic E-state index is 0.563. The van der Waals surface area contributed by atoms with Crippen LogP contribution in [0.4, 0.5) is 0 Å². The molecule has 0 aliphatic carbocycles. The standard InChI is InChI=1S/C28H38N2O2S/c1-4-6-7-8-9-10-11-20-31-25-16-12-23(13-17-25)27-29-30-28(33-27)24-14-18-26(19-15-24)32-21-22(3)5-2/h12-19,22H,4-11,20-21H2,1-3H3.